The van der Waals surface area contributed by atoms with Crippen molar-refractivity contribution in [2.45, 2.75) is 18.8 Å². The Bertz CT molecular complexity index is 454. The summed E-state index contributed by atoms with van der Waals surface area (Å²) in [6.07, 6.45) is 2.03. The highest BCUT2D eigenvalue weighted by Gasteiger charge is 2.33. The van der Waals surface area contributed by atoms with Crippen molar-refractivity contribution in [2.75, 3.05) is 20.8 Å². The van der Waals surface area contributed by atoms with Crippen molar-refractivity contribution in [3.63, 3.8) is 0 Å². The molecule has 98 valence electrons. The van der Waals surface area contributed by atoms with E-state index in [2.05, 4.69) is 20.1 Å². The average Bonchev–Trinajstić information content (AvgIpc) is 3.12. The number of nitrogens with zero attached hydrogens (tertiary/aromatic N) is 3. The Labute approximate surface area is 103 Å². The summed E-state index contributed by atoms with van der Waals surface area (Å²) in [5, 5.41) is 11.2. The SMILES string of the molecule is COC(=O)CON(C)C(=O)c1n[nH]nc1C1CC1. The number of H-pyrrole nitrogens is 1. The molecule has 18 heavy (non-hydrogen) atoms. The summed E-state index contributed by atoms with van der Waals surface area (Å²) in [6.45, 7) is -0.324. The van der Waals surface area contributed by atoms with Crippen molar-refractivity contribution >= 4 is 11.9 Å². The molecule has 1 amide bonds. The van der Waals surface area contributed by atoms with Gasteiger partial charge in [-0.3, -0.25) is 9.63 Å². The van der Waals surface area contributed by atoms with E-state index in [4.69, 9.17) is 4.84 Å². The van der Waals surface area contributed by atoms with Gasteiger partial charge in [-0.1, -0.05) is 0 Å². The van der Waals surface area contributed by atoms with Gasteiger partial charge in [0.2, 0.25) is 0 Å². The Balaban J connectivity index is 1.97. The van der Waals surface area contributed by atoms with E-state index in [9.17, 15) is 9.59 Å². The Morgan fingerprint density at radius 1 is 1.44 bits per heavy atom. The number of hydrogen-bond donors (Lipinski definition) is 1. The van der Waals surface area contributed by atoms with Gasteiger partial charge in [0.15, 0.2) is 12.3 Å². The molecule has 0 saturated heterocycles. The maximum Gasteiger partial charge on any atom is 0.334 e. The van der Waals surface area contributed by atoms with Crippen LogP contribution in [0.15, 0.2) is 0 Å². The predicted octanol–water partition coefficient (Wildman–Crippen LogP) is -0.141. The number of hydrogen-bond acceptors (Lipinski definition) is 6. The van der Waals surface area contributed by atoms with Crippen molar-refractivity contribution in [3.05, 3.63) is 11.4 Å². The van der Waals surface area contributed by atoms with Crippen LogP contribution in [0.25, 0.3) is 0 Å². The highest BCUT2D eigenvalue weighted by molar-refractivity contribution is 5.92. The van der Waals surface area contributed by atoms with E-state index in [1.165, 1.54) is 14.2 Å². The van der Waals surface area contributed by atoms with Gasteiger partial charge in [0.05, 0.1) is 12.8 Å². The Hall–Kier alpha value is -1.96. The van der Waals surface area contributed by atoms with Crippen LogP contribution >= 0.6 is 0 Å². The van der Waals surface area contributed by atoms with Crippen LogP contribution in [-0.4, -0.2) is 53.1 Å². The zero-order valence-corrected chi connectivity index (χ0v) is 10.2. The summed E-state index contributed by atoms with van der Waals surface area (Å²) >= 11 is 0. The Morgan fingerprint density at radius 2 is 2.17 bits per heavy atom. The van der Waals surface area contributed by atoms with Crippen molar-refractivity contribution in [3.8, 4) is 0 Å². The summed E-state index contributed by atoms with van der Waals surface area (Å²) in [6, 6.07) is 0. The summed E-state index contributed by atoms with van der Waals surface area (Å²) in [5.41, 5.74) is 0.901. The maximum absolute atomic E-state index is 12.0. The van der Waals surface area contributed by atoms with Gasteiger partial charge >= 0.3 is 5.97 Å². The highest BCUT2D eigenvalue weighted by atomic mass is 16.7. The van der Waals surface area contributed by atoms with Gasteiger partial charge in [-0.25, -0.2) is 9.86 Å². The fraction of sp³-hybridized carbons (Fsp3) is 0.600. The topological polar surface area (TPSA) is 97.4 Å². The smallest absolute Gasteiger partial charge is 0.334 e. The minimum absolute atomic E-state index is 0.241. The van der Waals surface area contributed by atoms with Crippen LogP contribution in [0.5, 0.6) is 0 Å². The molecule has 0 radical (unpaired) electrons. The van der Waals surface area contributed by atoms with Crippen LogP contribution in [0.2, 0.25) is 0 Å². The normalized spacial score (nSPS) is 14.3. The van der Waals surface area contributed by atoms with E-state index < -0.39 is 11.9 Å². The number of amides is 1. The van der Waals surface area contributed by atoms with Gasteiger partial charge in [0.1, 0.15) is 0 Å². The minimum atomic E-state index is -0.558. The lowest BCUT2D eigenvalue weighted by Crippen LogP contribution is -2.30. The number of esters is 1. The second kappa shape index (κ2) is 5.13. The molecule has 0 unspecified atom stereocenters. The molecular formula is C10H14N4O4. The number of aromatic amines is 1. The number of rotatable bonds is 5. The maximum atomic E-state index is 12.0. The monoisotopic (exact) mass is 254 g/mol. The predicted molar refractivity (Wildman–Crippen MR) is 58.4 cm³/mol. The summed E-state index contributed by atoms with van der Waals surface area (Å²) in [7, 11) is 2.66. The van der Waals surface area contributed by atoms with Crippen molar-refractivity contribution in [1.29, 1.82) is 0 Å². The number of ether oxygens (including phenoxy) is 1. The third kappa shape index (κ3) is 2.65. The van der Waals surface area contributed by atoms with Crippen LogP contribution in [0, 0.1) is 0 Å². The summed E-state index contributed by atoms with van der Waals surface area (Å²) < 4.78 is 4.41. The molecular weight excluding hydrogens is 240 g/mol. The van der Waals surface area contributed by atoms with Crippen molar-refractivity contribution in [1.82, 2.24) is 20.5 Å². The molecule has 2 rings (SSSR count). The average molecular weight is 254 g/mol. The number of carbonyl (C=O) groups is 2. The lowest BCUT2D eigenvalue weighted by atomic mass is 10.2. The highest BCUT2D eigenvalue weighted by Crippen LogP contribution is 2.40. The van der Waals surface area contributed by atoms with Crippen LogP contribution in [0.3, 0.4) is 0 Å². The molecule has 8 nitrogen and oxygen atoms in total. The van der Waals surface area contributed by atoms with E-state index >= 15 is 0 Å². The van der Waals surface area contributed by atoms with Gasteiger partial charge in [0, 0.05) is 13.0 Å². The molecule has 1 heterocycles. The second-order valence-corrected chi connectivity index (χ2v) is 3.98. The summed E-state index contributed by atoms with van der Waals surface area (Å²) in [5.74, 6) is -0.691. The van der Waals surface area contributed by atoms with Gasteiger partial charge in [-0.2, -0.15) is 15.4 Å². The number of carbonyl (C=O) groups excluding carboxylic acids is 2. The lowest BCUT2D eigenvalue weighted by molar-refractivity contribution is -0.162. The molecule has 0 aromatic carbocycles. The van der Waals surface area contributed by atoms with E-state index in [0.717, 1.165) is 17.9 Å². The van der Waals surface area contributed by atoms with Gasteiger partial charge in [-0.15, -0.1) is 0 Å². The van der Waals surface area contributed by atoms with Gasteiger partial charge in [-0.05, 0) is 12.8 Å². The fourth-order valence-corrected chi connectivity index (χ4v) is 1.45. The van der Waals surface area contributed by atoms with E-state index in [1.54, 1.807) is 0 Å². The number of nitrogens with one attached hydrogen (secondary N) is 1. The number of methoxy groups -OCH3 is 1. The molecule has 1 fully saturated rings. The number of hydroxylamine groups is 2. The third-order valence-electron chi connectivity index (χ3n) is 2.63. The molecule has 0 atom stereocenters. The van der Waals surface area contributed by atoms with E-state index in [-0.39, 0.29) is 12.3 Å². The fourth-order valence-electron chi connectivity index (χ4n) is 1.45. The summed E-state index contributed by atoms with van der Waals surface area (Å²) in [4.78, 5) is 27.8. The molecule has 1 aromatic heterocycles. The second-order valence-electron chi connectivity index (χ2n) is 3.98. The molecule has 1 aliphatic carbocycles. The zero-order chi connectivity index (χ0) is 13.1. The van der Waals surface area contributed by atoms with Crippen molar-refractivity contribution < 1.29 is 19.2 Å². The van der Waals surface area contributed by atoms with Gasteiger partial charge < -0.3 is 4.74 Å². The molecule has 0 aliphatic heterocycles. The first kappa shape index (κ1) is 12.5. The van der Waals surface area contributed by atoms with Crippen LogP contribution < -0.4 is 0 Å². The first-order valence-corrected chi connectivity index (χ1v) is 5.52. The first-order valence-electron chi connectivity index (χ1n) is 5.52. The van der Waals surface area contributed by atoms with Crippen LogP contribution in [-0.2, 0) is 14.4 Å². The van der Waals surface area contributed by atoms with E-state index in [0.29, 0.717) is 11.6 Å². The van der Waals surface area contributed by atoms with Crippen LogP contribution in [0.1, 0.15) is 34.9 Å². The first-order chi connectivity index (χ1) is 8.63. The molecule has 1 N–H and O–H groups in total. The quantitative estimate of drug-likeness (QED) is 0.580. The minimum Gasteiger partial charge on any atom is -0.467 e. The Morgan fingerprint density at radius 3 is 2.78 bits per heavy atom. The molecule has 1 saturated carbocycles. The molecule has 1 aromatic rings. The molecule has 0 spiro atoms. The lowest BCUT2D eigenvalue weighted by Gasteiger charge is -2.14. The third-order valence-corrected chi connectivity index (χ3v) is 2.63. The molecule has 8 heteroatoms. The molecule has 1 aliphatic rings. The van der Waals surface area contributed by atoms with Gasteiger partial charge in [0.25, 0.3) is 5.91 Å². The molecule has 0 bridgehead atoms. The standard InChI is InChI=1S/C10H14N4O4/c1-14(18-5-7(15)17-2)10(16)9-8(6-3-4-6)11-13-12-9/h6H,3-5H2,1-2H3,(H,11,12,13). The van der Waals surface area contributed by atoms with Crippen LogP contribution in [0.4, 0.5) is 0 Å². The van der Waals surface area contributed by atoms with E-state index in [1.807, 2.05) is 0 Å². The number of aromatic nitrogens is 3. The van der Waals surface area contributed by atoms with Crippen molar-refractivity contribution in [2.24, 2.45) is 0 Å². The zero-order valence-electron chi connectivity index (χ0n) is 10.2. The largest absolute Gasteiger partial charge is 0.467 e. The Kier molecular flexibility index (Phi) is 3.56.